The number of aliphatic carboxylic acids is 1. The SMILES string of the molecule is Cc1ccc(NS(C)(=O)=O)c(C(=O)NCC(C)C(=O)O)c1. The van der Waals surface area contributed by atoms with Gasteiger partial charge >= 0.3 is 5.97 Å². The molecule has 3 N–H and O–H groups in total. The van der Waals surface area contributed by atoms with Crippen LogP contribution in [0.25, 0.3) is 0 Å². The smallest absolute Gasteiger partial charge is 0.308 e. The van der Waals surface area contributed by atoms with Crippen molar-refractivity contribution in [2.45, 2.75) is 13.8 Å². The third-order valence-corrected chi connectivity index (χ3v) is 3.30. The second-order valence-corrected chi connectivity index (χ2v) is 6.62. The fraction of sp³-hybridized carbons (Fsp3) is 0.385. The third-order valence-electron chi connectivity index (χ3n) is 2.71. The van der Waals surface area contributed by atoms with Crippen LogP contribution in [0.1, 0.15) is 22.8 Å². The summed E-state index contributed by atoms with van der Waals surface area (Å²) >= 11 is 0. The lowest BCUT2D eigenvalue weighted by Crippen LogP contribution is -2.32. The van der Waals surface area contributed by atoms with Crippen LogP contribution in [-0.2, 0) is 14.8 Å². The molecule has 0 saturated carbocycles. The quantitative estimate of drug-likeness (QED) is 0.719. The van der Waals surface area contributed by atoms with E-state index in [0.29, 0.717) is 0 Å². The molecule has 0 aliphatic heterocycles. The first kappa shape index (κ1) is 17.0. The van der Waals surface area contributed by atoms with E-state index in [0.717, 1.165) is 11.8 Å². The van der Waals surface area contributed by atoms with Crippen molar-refractivity contribution in [1.82, 2.24) is 5.32 Å². The van der Waals surface area contributed by atoms with Gasteiger partial charge < -0.3 is 10.4 Å². The first-order valence-corrected chi connectivity index (χ1v) is 8.08. The van der Waals surface area contributed by atoms with Crippen LogP contribution in [0.5, 0.6) is 0 Å². The van der Waals surface area contributed by atoms with Gasteiger partial charge in [0.2, 0.25) is 10.0 Å². The molecular formula is C13H18N2O5S. The van der Waals surface area contributed by atoms with E-state index in [1.807, 2.05) is 0 Å². The van der Waals surface area contributed by atoms with Gasteiger partial charge in [0.15, 0.2) is 0 Å². The van der Waals surface area contributed by atoms with Gasteiger partial charge in [-0.25, -0.2) is 8.42 Å². The van der Waals surface area contributed by atoms with Crippen LogP contribution in [0, 0.1) is 12.8 Å². The second-order valence-electron chi connectivity index (χ2n) is 4.87. The number of aryl methyl sites for hydroxylation is 1. The largest absolute Gasteiger partial charge is 0.481 e. The van der Waals surface area contributed by atoms with E-state index in [1.54, 1.807) is 13.0 Å². The average molecular weight is 314 g/mol. The zero-order valence-electron chi connectivity index (χ0n) is 12.0. The molecule has 1 atom stereocenters. The maximum atomic E-state index is 12.1. The molecule has 1 amide bonds. The average Bonchev–Trinajstić information content (AvgIpc) is 2.35. The highest BCUT2D eigenvalue weighted by Gasteiger charge is 2.17. The Balaban J connectivity index is 2.97. The molecule has 116 valence electrons. The van der Waals surface area contributed by atoms with Crippen LogP contribution < -0.4 is 10.0 Å². The minimum Gasteiger partial charge on any atom is -0.481 e. The fourth-order valence-electron chi connectivity index (χ4n) is 1.56. The Labute approximate surface area is 123 Å². The van der Waals surface area contributed by atoms with Gasteiger partial charge in [-0.15, -0.1) is 0 Å². The Hall–Kier alpha value is -2.09. The zero-order chi connectivity index (χ0) is 16.2. The third kappa shape index (κ3) is 5.42. The number of hydrogen-bond acceptors (Lipinski definition) is 4. The zero-order valence-corrected chi connectivity index (χ0v) is 12.8. The predicted molar refractivity (Wildman–Crippen MR) is 78.8 cm³/mol. The van der Waals surface area contributed by atoms with Crippen molar-refractivity contribution in [3.8, 4) is 0 Å². The molecule has 21 heavy (non-hydrogen) atoms. The Morgan fingerprint density at radius 3 is 2.48 bits per heavy atom. The summed E-state index contributed by atoms with van der Waals surface area (Å²) in [7, 11) is -3.51. The summed E-state index contributed by atoms with van der Waals surface area (Å²) in [6, 6.07) is 4.70. The number of benzene rings is 1. The second kappa shape index (κ2) is 6.57. The number of anilines is 1. The van der Waals surface area contributed by atoms with Crippen LogP contribution in [0.2, 0.25) is 0 Å². The predicted octanol–water partition coefficient (Wildman–Crippen LogP) is 0.817. The number of carbonyl (C=O) groups is 2. The van der Waals surface area contributed by atoms with Crippen molar-refractivity contribution in [2.75, 3.05) is 17.5 Å². The molecule has 0 saturated heterocycles. The van der Waals surface area contributed by atoms with E-state index >= 15 is 0 Å². The first-order chi connectivity index (χ1) is 9.60. The molecule has 0 aliphatic rings. The Kier molecular flexibility index (Phi) is 5.31. The lowest BCUT2D eigenvalue weighted by atomic mass is 10.1. The van der Waals surface area contributed by atoms with E-state index in [4.69, 9.17) is 5.11 Å². The molecular weight excluding hydrogens is 296 g/mol. The maximum absolute atomic E-state index is 12.1. The number of hydrogen-bond donors (Lipinski definition) is 3. The van der Waals surface area contributed by atoms with Crippen molar-refractivity contribution in [3.63, 3.8) is 0 Å². The Morgan fingerprint density at radius 1 is 1.33 bits per heavy atom. The van der Waals surface area contributed by atoms with Gasteiger partial charge in [-0.1, -0.05) is 18.6 Å². The van der Waals surface area contributed by atoms with Crippen molar-refractivity contribution < 1.29 is 23.1 Å². The number of rotatable bonds is 6. The normalized spacial score (nSPS) is 12.5. The molecule has 0 spiro atoms. The molecule has 0 aliphatic carbocycles. The number of carbonyl (C=O) groups excluding carboxylic acids is 1. The molecule has 0 radical (unpaired) electrons. The molecule has 8 heteroatoms. The standard InChI is InChI=1S/C13H18N2O5S/c1-8-4-5-11(15-21(3,19)20)10(6-8)12(16)14-7-9(2)13(17)18/h4-6,9,15H,7H2,1-3H3,(H,14,16)(H,17,18). The molecule has 0 fully saturated rings. The van der Waals surface area contributed by atoms with E-state index in [-0.39, 0.29) is 17.8 Å². The molecule has 1 rings (SSSR count). The van der Waals surface area contributed by atoms with Crippen molar-refractivity contribution >= 4 is 27.6 Å². The van der Waals surface area contributed by atoms with Gasteiger partial charge in [-0.05, 0) is 19.1 Å². The van der Waals surface area contributed by atoms with E-state index in [1.165, 1.54) is 19.1 Å². The van der Waals surface area contributed by atoms with Gasteiger partial charge in [0, 0.05) is 6.54 Å². The Morgan fingerprint density at radius 2 is 1.95 bits per heavy atom. The van der Waals surface area contributed by atoms with Crippen molar-refractivity contribution in [2.24, 2.45) is 5.92 Å². The number of carboxylic acids is 1. The van der Waals surface area contributed by atoms with Gasteiger partial charge in [0.05, 0.1) is 23.4 Å². The topological polar surface area (TPSA) is 113 Å². The molecule has 0 bridgehead atoms. The van der Waals surface area contributed by atoms with Crippen molar-refractivity contribution in [3.05, 3.63) is 29.3 Å². The van der Waals surface area contributed by atoms with E-state index in [9.17, 15) is 18.0 Å². The number of amides is 1. The Bertz CT molecular complexity index is 655. The maximum Gasteiger partial charge on any atom is 0.308 e. The number of sulfonamides is 1. The fourth-order valence-corrected chi connectivity index (χ4v) is 2.14. The highest BCUT2D eigenvalue weighted by molar-refractivity contribution is 7.92. The summed E-state index contributed by atoms with van der Waals surface area (Å²) in [5, 5.41) is 11.3. The minimum atomic E-state index is -3.51. The molecule has 1 aromatic carbocycles. The molecule has 0 heterocycles. The van der Waals surface area contributed by atoms with Gasteiger partial charge in [0.1, 0.15) is 0 Å². The van der Waals surface area contributed by atoms with E-state index in [2.05, 4.69) is 10.0 Å². The van der Waals surface area contributed by atoms with Crippen LogP contribution in [-0.4, -0.2) is 38.2 Å². The highest BCUT2D eigenvalue weighted by Crippen LogP contribution is 2.18. The summed E-state index contributed by atoms with van der Waals surface area (Å²) in [6.45, 7) is 3.19. The molecule has 7 nitrogen and oxygen atoms in total. The van der Waals surface area contributed by atoms with Gasteiger partial charge in [-0.2, -0.15) is 0 Å². The van der Waals surface area contributed by atoms with E-state index < -0.39 is 27.8 Å². The number of nitrogens with one attached hydrogen (secondary N) is 2. The van der Waals surface area contributed by atoms with Crippen LogP contribution in [0.3, 0.4) is 0 Å². The monoisotopic (exact) mass is 314 g/mol. The van der Waals surface area contributed by atoms with Crippen LogP contribution in [0.15, 0.2) is 18.2 Å². The minimum absolute atomic E-state index is 0.0412. The highest BCUT2D eigenvalue weighted by atomic mass is 32.2. The summed E-state index contributed by atoms with van der Waals surface area (Å²) in [5.74, 6) is -2.28. The molecule has 1 aromatic rings. The lowest BCUT2D eigenvalue weighted by molar-refractivity contribution is -0.140. The first-order valence-electron chi connectivity index (χ1n) is 6.19. The summed E-state index contributed by atoms with van der Waals surface area (Å²) in [4.78, 5) is 22.8. The summed E-state index contributed by atoms with van der Waals surface area (Å²) in [6.07, 6.45) is 0.987. The van der Waals surface area contributed by atoms with Crippen molar-refractivity contribution in [1.29, 1.82) is 0 Å². The summed E-state index contributed by atoms with van der Waals surface area (Å²) in [5.41, 5.74) is 1.09. The van der Waals surface area contributed by atoms with Gasteiger partial charge in [-0.3, -0.25) is 14.3 Å². The molecule has 1 unspecified atom stereocenters. The molecule has 0 aromatic heterocycles. The van der Waals surface area contributed by atoms with Gasteiger partial charge in [0.25, 0.3) is 5.91 Å². The number of carboxylic acid groups (broad SMARTS) is 1. The van der Waals surface area contributed by atoms with Crippen LogP contribution in [0.4, 0.5) is 5.69 Å². The van der Waals surface area contributed by atoms with Crippen LogP contribution >= 0.6 is 0 Å². The summed E-state index contributed by atoms with van der Waals surface area (Å²) < 4.78 is 24.9. The lowest BCUT2D eigenvalue weighted by Gasteiger charge is -2.13.